The Labute approximate surface area is 194 Å². The van der Waals surface area contributed by atoms with Gasteiger partial charge >= 0.3 is 5.97 Å². The number of anilines is 1. The molecule has 1 aliphatic heterocycles. The van der Waals surface area contributed by atoms with Crippen molar-refractivity contribution < 1.29 is 29.6 Å². The van der Waals surface area contributed by atoms with Crippen LogP contribution in [0.3, 0.4) is 0 Å². The summed E-state index contributed by atoms with van der Waals surface area (Å²) in [6, 6.07) is -2.68. The molecular formula is C20H30N8O6. The number of nitrogen functional groups attached to an aromatic ring is 1. The SMILES string of the molecule is CC(C)[C@H](NC(=O)C(N)CCC(N)/C=C1/O[C@@H](n2cnc3c(N)ncnc32)[C@H](O)[C@@H]1O)C(=O)O. The van der Waals surface area contributed by atoms with E-state index in [9.17, 15) is 24.9 Å². The molecule has 1 saturated heterocycles. The summed E-state index contributed by atoms with van der Waals surface area (Å²) in [6.07, 6.45) is 0.756. The first-order chi connectivity index (χ1) is 16.0. The summed E-state index contributed by atoms with van der Waals surface area (Å²) < 4.78 is 7.17. The van der Waals surface area contributed by atoms with Crippen LogP contribution in [0.4, 0.5) is 5.82 Å². The van der Waals surface area contributed by atoms with Crippen LogP contribution >= 0.6 is 0 Å². The highest BCUT2D eigenvalue weighted by atomic mass is 16.5. The number of aliphatic hydroxyl groups excluding tert-OH is 2. The number of aliphatic hydroxyl groups is 2. The van der Waals surface area contributed by atoms with Gasteiger partial charge in [-0.2, -0.15) is 0 Å². The van der Waals surface area contributed by atoms with E-state index >= 15 is 0 Å². The normalized spacial score (nSPS) is 24.2. The molecule has 2 aromatic heterocycles. The number of amides is 1. The van der Waals surface area contributed by atoms with Gasteiger partial charge in [0.1, 0.15) is 42.2 Å². The molecule has 1 fully saturated rings. The second-order valence-corrected chi connectivity index (χ2v) is 8.51. The lowest BCUT2D eigenvalue weighted by molar-refractivity contribution is -0.143. The lowest BCUT2D eigenvalue weighted by atomic mass is 10.0. The average molecular weight is 479 g/mol. The predicted molar refractivity (Wildman–Crippen MR) is 120 cm³/mol. The Balaban J connectivity index is 1.62. The maximum Gasteiger partial charge on any atom is 0.326 e. The lowest BCUT2D eigenvalue weighted by Gasteiger charge is -2.21. The number of carboxylic acid groups (broad SMARTS) is 1. The first kappa shape index (κ1) is 25.3. The van der Waals surface area contributed by atoms with Crippen LogP contribution in [0, 0.1) is 5.92 Å². The number of ether oxygens (including phenoxy) is 1. The van der Waals surface area contributed by atoms with Gasteiger partial charge in [0.05, 0.1) is 6.04 Å². The van der Waals surface area contributed by atoms with Crippen LogP contribution in [-0.2, 0) is 14.3 Å². The maximum absolute atomic E-state index is 12.2. The molecule has 0 spiro atoms. The molecule has 10 N–H and O–H groups in total. The van der Waals surface area contributed by atoms with E-state index in [-0.39, 0.29) is 30.3 Å². The van der Waals surface area contributed by atoms with Crippen molar-refractivity contribution >= 4 is 28.9 Å². The number of hydrogen-bond donors (Lipinski definition) is 7. The topological polar surface area (TPSA) is 238 Å². The van der Waals surface area contributed by atoms with E-state index in [4.69, 9.17) is 21.9 Å². The van der Waals surface area contributed by atoms with Crippen molar-refractivity contribution in [2.24, 2.45) is 17.4 Å². The van der Waals surface area contributed by atoms with Crippen LogP contribution < -0.4 is 22.5 Å². The van der Waals surface area contributed by atoms with E-state index in [0.717, 1.165) is 0 Å². The number of fused-ring (bicyclic) bond motifs is 1. The third kappa shape index (κ3) is 5.25. The summed E-state index contributed by atoms with van der Waals surface area (Å²) in [4.78, 5) is 35.6. The molecule has 0 radical (unpaired) electrons. The number of nitrogens with two attached hydrogens (primary N) is 3. The van der Waals surface area contributed by atoms with Gasteiger partial charge in [-0.25, -0.2) is 19.7 Å². The number of nitrogens with zero attached hydrogens (tertiary/aromatic N) is 4. The molecule has 34 heavy (non-hydrogen) atoms. The highest BCUT2D eigenvalue weighted by Crippen LogP contribution is 2.34. The average Bonchev–Trinajstić information content (AvgIpc) is 3.32. The minimum atomic E-state index is -1.35. The summed E-state index contributed by atoms with van der Waals surface area (Å²) in [5.41, 5.74) is 18.4. The van der Waals surface area contributed by atoms with Gasteiger partial charge in [-0.3, -0.25) is 9.36 Å². The number of carbonyl (C=O) groups is 2. The molecule has 14 nitrogen and oxygen atoms in total. The van der Waals surface area contributed by atoms with Gasteiger partial charge in [0.15, 0.2) is 11.5 Å². The van der Waals surface area contributed by atoms with E-state index in [1.165, 1.54) is 23.3 Å². The fraction of sp³-hybridized carbons (Fsp3) is 0.550. The Hall–Kier alpha value is -3.33. The van der Waals surface area contributed by atoms with Crippen LogP contribution in [0.1, 0.15) is 32.9 Å². The van der Waals surface area contributed by atoms with Crippen LogP contribution in [0.25, 0.3) is 11.2 Å². The molecule has 1 amide bonds. The van der Waals surface area contributed by atoms with E-state index in [1.807, 2.05) is 0 Å². The summed E-state index contributed by atoms with van der Waals surface area (Å²) in [6.45, 7) is 3.35. The predicted octanol–water partition coefficient (Wildman–Crippen LogP) is -1.80. The number of hydrogen-bond acceptors (Lipinski definition) is 11. The van der Waals surface area contributed by atoms with E-state index in [2.05, 4.69) is 20.3 Å². The molecule has 0 aromatic carbocycles. The first-order valence-electron chi connectivity index (χ1n) is 10.7. The van der Waals surface area contributed by atoms with Gasteiger partial charge in [0, 0.05) is 6.04 Å². The highest BCUT2D eigenvalue weighted by Gasteiger charge is 2.41. The molecular weight excluding hydrogens is 448 g/mol. The van der Waals surface area contributed by atoms with Gasteiger partial charge in [-0.05, 0) is 24.8 Å². The number of imidazole rings is 1. The molecule has 0 saturated carbocycles. The minimum Gasteiger partial charge on any atom is -0.480 e. The number of carbonyl (C=O) groups excluding carboxylic acids is 1. The van der Waals surface area contributed by atoms with Crippen molar-refractivity contribution in [1.82, 2.24) is 24.8 Å². The molecule has 2 aromatic rings. The monoisotopic (exact) mass is 478 g/mol. The van der Waals surface area contributed by atoms with E-state index < -0.39 is 48.4 Å². The molecule has 0 bridgehead atoms. The Morgan fingerprint density at radius 1 is 1.24 bits per heavy atom. The molecule has 186 valence electrons. The molecule has 3 heterocycles. The van der Waals surface area contributed by atoms with Crippen molar-refractivity contribution in [2.75, 3.05) is 5.73 Å². The zero-order chi connectivity index (χ0) is 25.2. The van der Waals surface area contributed by atoms with Crippen molar-refractivity contribution in [2.45, 2.75) is 63.3 Å². The largest absolute Gasteiger partial charge is 0.480 e. The van der Waals surface area contributed by atoms with Crippen molar-refractivity contribution in [3.63, 3.8) is 0 Å². The molecule has 6 atom stereocenters. The van der Waals surface area contributed by atoms with Crippen LogP contribution in [0.2, 0.25) is 0 Å². The molecule has 2 unspecified atom stereocenters. The second-order valence-electron chi connectivity index (χ2n) is 8.51. The smallest absolute Gasteiger partial charge is 0.326 e. The molecule has 3 rings (SSSR count). The van der Waals surface area contributed by atoms with Crippen molar-refractivity contribution in [3.8, 4) is 0 Å². The lowest BCUT2D eigenvalue weighted by Crippen LogP contribution is -2.50. The Kier molecular flexibility index (Phi) is 7.66. The minimum absolute atomic E-state index is 0.0534. The summed E-state index contributed by atoms with van der Waals surface area (Å²) in [5.74, 6) is -1.83. The van der Waals surface area contributed by atoms with Crippen LogP contribution in [0.15, 0.2) is 24.5 Å². The number of aromatic nitrogens is 4. The fourth-order valence-electron chi connectivity index (χ4n) is 3.59. The quantitative estimate of drug-likeness (QED) is 0.211. The molecule has 0 aliphatic carbocycles. The van der Waals surface area contributed by atoms with Gasteiger partial charge < -0.3 is 42.6 Å². The number of rotatable bonds is 9. The summed E-state index contributed by atoms with van der Waals surface area (Å²) >= 11 is 0. The van der Waals surface area contributed by atoms with E-state index in [0.29, 0.717) is 11.2 Å². The molecule has 14 heteroatoms. The Bertz CT molecular complexity index is 1070. The van der Waals surface area contributed by atoms with Crippen LogP contribution in [0.5, 0.6) is 0 Å². The van der Waals surface area contributed by atoms with Gasteiger partial charge in [-0.15, -0.1) is 0 Å². The van der Waals surface area contributed by atoms with E-state index in [1.54, 1.807) is 13.8 Å². The van der Waals surface area contributed by atoms with Gasteiger partial charge in [-0.1, -0.05) is 13.8 Å². The Morgan fingerprint density at radius 3 is 2.59 bits per heavy atom. The summed E-state index contributed by atoms with van der Waals surface area (Å²) in [7, 11) is 0. The Morgan fingerprint density at radius 2 is 1.94 bits per heavy atom. The zero-order valence-electron chi connectivity index (χ0n) is 18.8. The maximum atomic E-state index is 12.2. The molecule has 1 aliphatic rings. The highest BCUT2D eigenvalue weighted by molar-refractivity contribution is 5.86. The van der Waals surface area contributed by atoms with Gasteiger partial charge in [0.2, 0.25) is 12.1 Å². The van der Waals surface area contributed by atoms with Crippen molar-refractivity contribution in [3.05, 3.63) is 24.5 Å². The van der Waals surface area contributed by atoms with Gasteiger partial charge in [0.25, 0.3) is 0 Å². The number of carboxylic acids is 1. The first-order valence-corrected chi connectivity index (χ1v) is 10.7. The third-order valence-electron chi connectivity index (χ3n) is 5.58. The third-order valence-corrected chi connectivity index (χ3v) is 5.58. The van der Waals surface area contributed by atoms with Crippen molar-refractivity contribution in [1.29, 1.82) is 0 Å². The standard InChI is InChI=1S/C20H30N8O6/c1-8(2)12(20(32)33)27-18(31)10(22)4-3-9(21)5-11-14(29)15(30)19(34-11)28-7-26-13-16(23)24-6-25-17(13)28/h5-10,12,14-15,19,29-30H,3-4,21-22H2,1-2H3,(H,27,31)(H,32,33)(H2,23,24,25)/b11-5+/t9?,10?,12-,14+,15+,19+/m0/s1. The summed E-state index contributed by atoms with van der Waals surface area (Å²) in [5, 5.41) is 32.6. The van der Waals surface area contributed by atoms with Crippen LogP contribution in [-0.4, -0.2) is 77.0 Å². The number of nitrogens with one attached hydrogen (secondary N) is 1. The number of aliphatic carboxylic acids is 1. The second kappa shape index (κ2) is 10.3. The zero-order valence-corrected chi connectivity index (χ0v) is 18.8. The fourth-order valence-corrected chi connectivity index (χ4v) is 3.59.